The smallest absolute Gasteiger partial charge is 0.347 e. The maximum absolute atomic E-state index is 11.7. The summed E-state index contributed by atoms with van der Waals surface area (Å²) >= 11 is 0. The molecule has 3 N–H and O–H groups in total. The van der Waals surface area contributed by atoms with Gasteiger partial charge in [-0.05, 0) is 30.3 Å². The number of benzene rings is 2. The first kappa shape index (κ1) is 11.8. The molecule has 0 aliphatic heterocycles. The fourth-order valence-electron chi connectivity index (χ4n) is 1.39. The minimum absolute atomic E-state index is 0.0229. The summed E-state index contributed by atoms with van der Waals surface area (Å²) in [6.45, 7) is 0. The monoisotopic (exact) mass is 246 g/mol. The highest BCUT2D eigenvalue weighted by Gasteiger charge is 2.15. The number of hydrogen-bond donors (Lipinski definition) is 3. The molecule has 5 heteroatoms. The molecule has 0 saturated heterocycles. The molecule has 0 bridgehead atoms. The van der Waals surface area contributed by atoms with E-state index in [-0.39, 0.29) is 28.6 Å². The van der Waals surface area contributed by atoms with Crippen LogP contribution in [0.15, 0.2) is 42.5 Å². The van der Waals surface area contributed by atoms with Gasteiger partial charge in [0.1, 0.15) is 17.1 Å². The van der Waals surface area contributed by atoms with Crippen molar-refractivity contribution >= 4 is 5.97 Å². The van der Waals surface area contributed by atoms with Crippen molar-refractivity contribution in [1.29, 1.82) is 0 Å². The number of para-hydroxylation sites is 2. The highest BCUT2D eigenvalue weighted by molar-refractivity contribution is 5.94. The van der Waals surface area contributed by atoms with E-state index < -0.39 is 5.97 Å². The zero-order chi connectivity index (χ0) is 13.1. The predicted octanol–water partition coefficient (Wildman–Crippen LogP) is 2.02. The third kappa shape index (κ3) is 2.35. The number of carbonyl (C=O) groups excluding carboxylic acids is 1. The standard InChI is InChI=1S/C13H10O5/c14-8-5-6-10(15)9(7-8)13(17)18-12-4-2-1-3-11(12)16/h1-7,14-16H. The molecule has 92 valence electrons. The molecule has 0 unspecified atom stereocenters. The van der Waals surface area contributed by atoms with Gasteiger partial charge < -0.3 is 20.1 Å². The van der Waals surface area contributed by atoms with Gasteiger partial charge in [0.05, 0.1) is 0 Å². The minimum atomic E-state index is -0.870. The van der Waals surface area contributed by atoms with Gasteiger partial charge in [0.25, 0.3) is 0 Å². The van der Waals surface area contributed by atoms with E-state index in [1.165, 1.54) is 24.3 Å². The summed E-state index contributed by atoms with van der Waals surface area (Å²) in [7, 11) is 0. The first-order valence-electron chi connectivity index (χ1n) is 5.10. The lowest BCUT2D eigenvalue weighted by atomic mass is 10.2. The van der Waals surface area contributed by atoms with Crippen molar-refractivity contribution in [3.05, 3.63) is 48.0 Å². The molecule has 0 spiro atoms. The molecule has 0 aliphatic carbocycles. The number of hydrogen-bond acceptors (Lipinski definition) is 5. The first-order valence-corrected chi connectivity index (χ1v) is 5.10. The number of phenolic OH excluding ortho intramolecular Hbond substituents is 3. The van der Waals surface area contributed by atoms with E-state index in [4.69, 9.17) is 4.74 Å². The van der Waals surface area contributed by atoms with Crippen LogP contribution in [0.4, 0.5) is 0 Å². The van der Waals surface area contributed by atoms with Gasteiger partial charge in [0, 0.05) is 0 Å². The lowest BCUT2D eigenvalue weighted by molar-refractivity contribution is 0.0726. The van der Waals surface area contributed by atoms with Gasteiger partial charge in [-0.3, -0.25) is 0 Å². The number of rotatable bonds is 2. The summed E-state index contributed by atoms with van der Waals surface area (Å²) in [5, 5.41) is 28.2. The Morgan fingerprint density at radius 3 is 2.39 bits per heavy atom. The SMILES string of the molecule is O=C(Oc1ccccc1O)c1cc(O)ccc1O. The molecule has 2 aromatic rings. The van der Waals surface area contributed by atoms with E-state index in [0.717, 1.165) is 6.07 Å². The van der Waals surface area contributed by atoms with Crippen LogP contribution in [0.1, 0.15) is 10.4 Å². The average Bonchev–Trinajstić information content (AvgIpc) is 2.35. The molecule has 0 aliphatic rings. The molecule has 18 heavy (non-hydrogen) atoms. The second-order valence-corrected chi connectivity index (χ2v) is 3.56. The Hall–Kier alpha value is -2.69. The Balaban J connectivity index is 2.28. The van der Waals surface area contributed by atoms with E-state index in [1.807, 2.05) is 0 Å². The topological polar surface area (TPSA) is 87.0 Å². The van der Waals surface area contributed by atoms with Crippen molar-refractivity contribution in [1.82, 2.24) is 0 Å². The van der Waals surface area contributed by atoms with Crippen LogP contribution in [-0.2, 0) is 0 Å². The van der Waals surface area contributed by atoms with Crippen molar-refractivity contribution < 1.29 is 24.9 Å². The fraction of sp³-hybridized carbons (Fsp3) is 0. The van der Waals surface area contributed by atoms with Crippen LogP contribution in [-0.4, -0.2) is 21.3 Å². The second-order valence-electron chi connectivity index (χ2n) is 3.56. The molecule has 0 radical (unpaired) electrons. The normalized spacial score (nSPS) is 10.0. The van der Waals surface area contributed by atoms with E-state index >= 15 is 0 Å². The summed E-state index contributed by atoms with van der Waals surface area (Å²) < 4.78 is 4.91. The minimum Gasteiger partial charge on any atom is -0.508 e. The van der Waals surface area contributed by atoms with Crippen LogP contribution in [0.25, 0.3) is 0 Å². The highest BCUT2D eigenvalue weighted by Crippen LogP contribution is 2.28. The molecular formula is C13H10O5. The number of esters is 1. The summed E-state index contributed by atoms with van der Waals surface area (Å²) in [4.78, 5) is 11.7. The largest absolute Gasteiger partial charge is 0.508 e. The molecule has 0 atom stereocenters. The molecule has 5 nitrogen and oxygen atoms in total. The number of phenols is 3. The molecule has 0 heterocycles. The molecule has 0 saturated carbocycles. The van der Waals surface area contributed by atoms with Crippen molar-refractivity contribution in [2.24, 2.45) is 0 Å². The van der Waals surface area contributed by atoms with Gasteiger partial charge in [-0.1, -0.05) is 12.1 Å². The molecule has 2 rings (SSSR count). The maximum atomic E-state index is 11.7. The highest BCUT2D eigenvalue weighted by atomic mass is 16.5. The third-order valence-corrected chi connectivity index (χ3v) is 2.27. The van der Waals surface area contributed by atoms with Crippen molar-refractivity contribution in [2.75, 3.05) is 0 Å². The van der Waals surface area contributed by atoms with E-state index in [2.05, 4.69) is 0 Å². The average molecular weight is 246 g/mol. The molecular weight excluding hydrogens is 236 g/mol. The summed E-state index contributed by atoms with van der Waals surface area (Å²) in [6, 6.07) is 9.45. The second kappa shape index (κ2) is 4.67. The van der Waals surface area contributed by atoms with Gasteiger partial charge in [-0.25, -0.2) is 4.79 Å². The van der Waals surface area contributed by atoms with Gasteiger partial charge in [0.2, 0.25) is 0 Å². The van der Waals surface area contributed by atoms with Crippen LogP contribution in [0.2, 0.25) is 0 Å². The van der Waals surface area contributed by atoms with Gasteiger partial charge in [0.15, 0.2) is 11.5 Å². The molecule has 0 aromatic heterocycles. The van der Waals surface area contributed by atoms with Gasteiger partial charge >= 0.3 is 5.97 Å². The van der Waals surface area contributed by atoms with Gasteiger partial charge in [-0.2, -0.15) is 0 Å². The summed E-state index contributed by atoms with van der Waals surface area (Å²) in [5.74, 6) is -1.56. The lowest BCUT2D eigenvalue weighted by Gasteiger charge is -2.07. The Bertz CT molecular complexity index is 592. The first-order chi connectivity index (χ1) is 8.58. The number of ether oxygens (including phenoxy) is 1. The van der Waals surface area contributed by atoms with E-state index in [1.54, 1.807) is 12.1 Å². The maximum Gasteiger partial charge on any atom is 0.347 e. The zero-order valence-electron chi connectivity index (χ0n) is 9.20. The van der Waals surface area contributed by atoms with Crippen molar-refractivity contribution in [3.8, 4) is 23.0 Å². The van der Waals surface area contributed by atoms with Gasteiger partial charge in [-0.15, -0.1) is 0 Å². The Morgan fingerprint density at radius 1 is 0.944 bits per heavy atom. The zero-order valence-corrected chi connectivity index (χ0v) is 9.20. The number of aromatic hydroxyl groups is 3. The van der Waals surface area contributed by atoms with Crippen LogP contribution >= 0.6 is 0 Å². The third-order valence-electron chi connectivity index (χ3n) is 2.27. The molecule has 2 aromatic carbocycles. The lowest BCUT2D eigenvalue weighted by Crippen LogP contribution is -2.08. The van der Waals surface area contributed by atoms with Crippen molar-refractivity contribution in [2.45, 2.75) is 0 Å². The van der Waals surface area contributed by atoms with Crippen LogP contribution < -0.4 is 4.74 Å². The quantitative estimate of drug-likeness (QED) is 0.428. The number of carbonyl (C=O) groups is 1. The summed E-state index contributed by atoms with van der Waals surface area (Å²) in [6.07, 6.45) is 0. The Morgan fingerprint density at radius 2 is 1.67 bits per heavy atom. The Labute approximate surface area is 103 Å². The fourth-order valence-corrected chi connectivity index (χ4v) is 1.39. The van der Waals surface area contributed by atoms with E-state index in [9.17, 15) is 20.1 Å². The Kier molecular flexibility index (Phi) is 3.05. The van der Waals surface area contributed by atoms with Crippen LogP contribution in [0, 0.1) is 0 Å². The van der Waals surface area contributed by atoms with Crippen molar-refractivity contribution in [3.63, 3.8) is 0 Å². The van der Waals surface area contributed by atoms with Crippen LogP contribution in [0.3, 0.4) is 0 Å². The van der Waals surface area contributed by atoms with E-state index in [0.29, 0.717) is 0 Å². The van der Waals surface area contributed by atoms with Crippen LogP contribution in [0.5, 0.6) is 23.0 Å². The molecule has 0 amide bonds. The molecule has 0 fully saturated rings. The summed E-state index contributed by atoms with van der Waals surface area (Å²) in [5.41, 5.74) is -0.182. The predicted molar refractivity (Wildman–Crippen MR) is 62.8 cm³/mol.